The maximum atomic E-state index is 12.2. The van der Waals surface area contributed by atoms with Crippen LogP contribution in [0.4, 0.5) is 0 Å². The number of sulfonamides is 1. The van der Waals surface area contributed by atoms with Crippen molar-refractivity contribution >= 4 is 10.0 Å². The van der Waals surface area contributed by atoms with Crippen molar-refractivity contribution in [3.05, 3.63) is 65.7 Å². The van der Waals surface area contributed by atoms with Crippen LogP contribution in [0.1, 0.15) is 44.2 Å². The highest BCUT2D eigenvalue weighted by atomic mass is 32.2. The fourth-order valence-electron chi connectivity index (χ4n) is 3.41. The Hall–Kier alpha value is -1.89. The maximum Gasteiger partial charge on any atom is 0.214 e. The van der Waals surface area contributed by atoms with Crippen LogP contribution >= 0.6 is 0 Å². The van der Waals surface area contributed by atoms with Gasteiger partial charge in [0, 0.05) is 0 Å². The van der Waals surface area contributed by atoms with Crippen LogP contribution in [0, 0.1) is 0 Å². The summed E-state index contributed by atoms with van der Waals surface area (Å²) >= 11 is 0. The van der Waals surface area contributed by atoms with Crippen LogP contribution in [0.15, 0.2) is 54.6 Å². The van der Waals surface area contributed by atoms with E-state index in [1.165, 1.54) is 0 Å². The van der Waals surface area contributed by atoms with Gasteiger partial charge in [-0.25, -0.2) is 13.1 Å². The van der Waals surface area contributed by atoms with Crippen molar-refractivity contribution in [1.82, 2.24) is 4.72 Å². The predicted octanol–water partition coefficient (Wildman–Crippen LogP) is 3.33. The minimum absolute atomic E-state index is 0.473. The van der Waals surface area contributed by atoms with Crippen molar-refractivity contribution in [3.8, 4) is 5.75 Å². The lowest BCUT2D eigenvalue weighted by atomic mass is 9.89. The van der Waals surface area contributed by atoms with Gasteiger partial charge in [0.05, 0.1) is 11.3 Å². The molecule has 2 atom stereocenters. The van der Waals surface area contributed by atoms with Crippen LogP contribution in [-0.2, 0) is 22.2 Å². The van der Waals surface area contributed by atoms with E-state index in [-0.39, 0.29) is 0 Å². The maximum absolute atomic E-state index is 12.2. The molecule has 2 N–H and O–H groups in total. The van der Waals surface area contributed by atoms with Crippen molar-refractivity contribution in [3.63, 3.8) is 0 Å². The average molecular weight is 390 g/mol. The highest BCUT2D eigenvalue weighted by Gasteiger charge is 2.44. The van der Waals surface area contributed by atoms with E-state index < -0.39 is 26.9 Å². The molecule has 6 heteroatoms. The summed E-state index contributed by atoms with van der Waals surface area (Å²) < 4.78 is 33.0. The predicted molar refractivity (Wildman–Crippen MR) is 106 cm³/mol. The first-order valence-corrected chi connectivity index (χ1v) is 10.9. The van der Waals surface area contributed by atoms with E-state index in [0.29, 0.717) is 30.8 Å². The average Bonchev–Trinajstić information content (AvgIpc) is 3.02. The van der Waals surface area contributed by atoms with Gasteiger partial charge in [-0.15, -0.1) is 0 Å². The van der Waals surface area contributed by atoms with E-state index in [9.17, 15) is 13.5 Å². The first kappa shape index (κ1) is 19.9. The lowest BCUT2D eigenvalue weighted by molar-refractivity contribution is 0.0230. The molecule has 0 bridgehead atoms. The molecule has 3 rings (SSSR count). The Balaban J connectivity index is 1.71. The Bertz CT molecular complexity index is 850. The molecule has 2 aromatic rings. The van der Waals surface area contributed by atoms with Crippen molar-refractivity contribution < 1.29 is 18.3 Å². The van der Waals surface area contributed by atoms with Gasteiger partial charge in [-0.05, 0) is 56.4 Å². The SMILES string of the molecule is CC(C)S(=O)(=O)N[C@@H]1CCC[C@]1(O)c1ccc(OCc2ccccc2)cc1. The summed E-state index contributed by atoms with van der Waals surface area (Å²) in [6.07, 6.45) is 1.92. The smallest absolute Gasteiger partial charge is 0.214 e. The summed E-state index contributed by atoms with van der Waals surface area (Å²) in [5, 5.41) is 10.7. The third-order valence-corrected chi connectivity index (χ3v) is 7.01. The van der Waals surface area contributed by atoms with E-state index >= 15 is 0 Å². The minimum atomic E-state index is -3.44. The van der Waals surface area contributed by atoms with Crippen LogP contribution in [0.5, 0.6) is 5.75 Å². The minimum Gasteiger partial charge on any atom is -0.489 e. The second-order valence-electron chi connectivity index (χ2n) is 7.38. The molecular formula is C21H27NO4S. The van der Waals surface area contributed by atoms with Gasteiger partial charge in [0.1, 0.15) is 18.0 Å². The summed E-state index contributed by atoms with van der Waals surface area (Å²) in [7, 11) is -3.44. The third-order valence-electron chi connectivity index (χ3n) is 5.16. The quantitative estimate of drug-likeness (QED) is 0.762. The highest BCUT2D eigenvalue weighted by Crippen LogP contribution is 2.40. The molecule has 5 nitrogen and oxygen atoms in total. The van der Waals surface area contributed by atoms with Gasteiger partial charge < -0.3 is 9.84 Å². The number of hydrogen-bond donors (Lipinski definition) is 2. The summed E-state index contributed by atoms with van der Waals surface area (Å²) in [5.74, 6) is 0.712. The molecular weight excluding hydrogens is 362 g/mol. The number of nitrogens with one attached hydrogen (secondary N) is 1. The molecule has 1 aliphatic carbocycles. The van der Waals surface area contributed by atoms with Crippen molar-refractivity contribution in [2.24, 2.45) is 0 Å². The molecule has 1 saturated carbocycles. The summed E-state index contributed by atoms with van der Waals surface area (Å²) in [6, 6.07) is 16.7. The van der Waals surface area contributed by atoms with Gasteiger partial charge in [0.15, 0.2) is 0 Å². The first-order chi connectivity index (χ1) is 12.8. The van der Waals surface area contributed by atoms with Gasteiger partial charge in [0.2, 0.25) is 10.0 Å². The Kier molecular flexibility index (Phi) is 5.89. The summed E-state index contributed by atoms with van der Waals surface area (Å²) in [4.78, 5) is 0. The van der Waals surface area contributed by atoms with Crippen molar-refractivity contribution in [2.75, 3.05) is 0 Å². The molecule has 0 heterocycles. The van der Waals surface area contributed by atoms with E-state index in [4.69, 9.17) is 4.74 Å². The molecule has 0 saturated heterocycles. The van der Waals surface area contributed by atoms with Crippen LogP contribution in [0.25, 0.3) is 0 Å². The van der Waals surface area contributed by atoms with Crippen LogP contribution in [-0.4, -0.2) is 24.8 Å². The molecule has 0 aromatic heterocycles. The van der Waals surface area contributed by atoms with Gasteiger partial charge in [0.25, 0.3) is 0 Å². The number of benzene rings is 2. The lowest BCUT2D eigenvalue weighted by Crippen LogP contribution is -2.48. The Morgan fingerprint density at radius 2 is 1.81 bits per heavy atom. The number of ether oxygens (including phenoxy) is 1. The van der Waals surface area contributed by atoms with Crippen molar-refractivity contribution in [1.29, 1.82) is 0 Å². The zero-order valence-electron chi connectivity index (χ0n) is 15.8. The second-order valence-corrected chi connectivity index (χ2v) is 9.65. The van der Waals surface area contributed by atoms with Crippen molar-refractivity contribution in [2.45, 2.75) is 56.6 Å². The zero-order chi connectivity index (χ0) is 19.5. The van der Waals surface area contributed by atoms with E-state index in [1.54, 1.807) is 13.8 Å². The molecule has 0 aliphatic heterocycles. The van der Waals surface area contributed by atoms with Gasteiger partial charge in [-0.1, -0.05) is 42.5 Å². The highest BCUT2D eigenvalue weighted by molar-refractivity contribution is 7.90. The summed E-state index contributed by atoms with van der Waals surface area (Å²) in [6.45, 7) is 3.74. The number of hydrogen-bond acceptors (Lipinski definition) is 4. The largest absolute Gasteiger partial charge is 0.489 e. The Morgan fingerprint density at radius 1 is 1.15 bits per heavy atom. The third kappa shape index (κ3) is 4.51. The topological polar surface area (TPSA) is 75.6 Å². The van der Waals surface area contributed by atoms with Gasteiger partial charge in [-0.3, -0.25) is 0 Å². The molecule has 27 heavy (non-hydrogen) atoms. The number of aliphatic hydroxyl groups is 1. The molecule has 0 spiro atoms. The first-order valence-electron chi connectivity index (χ1n) is 9.32. The molecule has 2 aromatic carbocycles. The van der Waals surface area contributed by atoms with Gasteiger partial charge >= 0.3 is 0 Å². The Labute approximate surface area is 161 Å². The fraction of sp³-hybridized carbons (Fsp3) is 0.429. The van der Waals surface area contributed by atoms with E-state index in [1.807, 2.05) is 54.6 Å². The number of rotatable bonds is 7. The lowest BCUT2D eigenvalue weighted by Gasteiger charge is -2.31. The van der Waals surface area contributed by atoms with Gasteiger partial charge in [-0.2, -0.15) is 0 Å². The Morgan fingerprint density at radius 3 is 2.44 bits per heavy atom. The molecule has 1 fully saturated rings. The standard InChI is InChI=1S/C21H27NO4S/c1-16(2)27(24,25)22-20-9-6-14-21(20,23)18-10-12-19(13-11-18)26-15-17-7-4-3-5-8-17/h3-5,7-8,10-13,16,20,22-23H,6,9,14-15H2,1-2H3/t20-,21+/m1/s1. The van der Waals surface area contributed by atoms with E-state index in [0.717, 1.165) is 12.0 Å². The summed E-state index contributed by atoms with van der Waals surface area (Å²) in [5.41, 5.74) is 0.600. The van der Waals surface area contributed by atoms with Crippen LogP contribution in [0.3, 0.4) is 0 Å². The molecule has 1 aliphatic rings. The normalized spacial score (nSPS) is 22.9. The monoisotopic (exact) mass is 389 g/mol. The van der Waals surface area contributed by atoms with Crippen LogP contribution < -0.4 is 9.46 Å². The second kappa shape index (κ2) is 8.00. The van der Waals surface area contributed by atoms with E-state index in [2.05, 4.69) is 4.72 Å². The molecule has 0 radical (unpaired) electrons. The molecule has 0 amide bonds. The molecule has 0 unspecified atom stereocenters. The molecule has 146 valence electrons. The zero-order valence-corrected chi connectivity index (χ0v) is 16.6. The fourth-order valence-corrected chi connectivity index (χ4v) is 4.39. The van der Waals surface area contributed by atoms with Crippen LogP contribution in [0.2, 0.25) is 0 Å².